The molecule has 0 radical (unpaired) electrons. The molecule has 0 amide bonds. The summed E-state index contributed by atoms with van der Waals surface area (Å²) in [6.45, 7) is 11.5. The van der Waals surface area contributed by atoms with Crippen LogP contribution >= 0.6 is 0 Å². The number of aliphatic hydroxyl groups is 1. The van der Waals surface area contributed by atoms with E-state index in [1.54, 1.807) is 20.0 Å². The Hall–Kier alpha value is -1.13. The number of benzene rings is 1. The molecule has 2 rings (SSSR count). The quantitative estimate of drug-likeness (QED) is 0.896. The van der Waals surface area contributed by atoms with Gasteiger partial charge in [0.25, 0.3) is 0 Å². The fourth-order valence-electron chi connectivity index (χ4n) is 1.55. The summed E-state index contributed by atoms with van der Waals surface area (Å²) < 4.78 is 11.7. The molecule has 114 valence electrons. The minimum atomic E-state index is -1.22. The SMILES string of the molecule is CC.CC.CC(C)(CO)S(=O)c1c[nH]c2ccccc12. The van der Waals surface area contributed by atoms with E-state index in [0.29, 0.717) is 0 Å². The summed E-state index contributed by atoms with van der Waals surface area (Å²) in [6.07, 6.45) is 1.76. The molecule has 0 saturated heterocycles. The summed E-state index contributed by atoms with van der Waals surface area (Å²) in [6, 6.07) is 7.74. The lowest BCUT2D eigenvalue weighted by Gasteiger charge is -2.20. The molecular weight excluding hydrogens is 270 g/mol. The maximum Gasteiger partial charge on any atom is 0.0680 e. The highest BCUT2D eigenvalue weighted by Crippen LogP contribution is 2.27. The van der Waals surface area contributed by atoms with Crippen LogP contribution in [0, 0.1) is 0 Å². The monoisotopic (exact) mass is 297 g/mol. The maximum absolute atomic E-state index is 12.3. The van der Waals surface area contributed by atoms with Gasteiger partial charge >= 0.3 is 0 Å². The van der Waals surface area contributed by atoms with Crippen molar-refractivity contribution in [3.8, 4) is 0 Å². The normalized spacial score (nSPS) is 11.9. The van der Waals surface area contributed by atoms with Gasteiger partial charge in [0.2, 0.25) is 0 Å². The van der Waals surface area contributed by atoms with Gasteiger partial charge in [-0.3, -0.25) is 4.21 Å². The molecule has 0 aliphatic carbocycles. The van der Waals surface area contributed by atoms with Crippen LogP contribution in [-0.2, 0) is 10.8 Å². The molecule has 1 atom stereocenters. The minimum Gasteiger partial charge on any atom is -0.395 e. The predicted molar refractivity (Wildman–Crippen MR) is 88.6 cm³/mol. The third-order valence-electron chi connectivity index (χ3n) is 2.63. The molecule has 3 nitrogen and oxygen atoms in total. The van der Waals surface area contributed by atoms with Crippen molar-refractivity contribution in [2.24, 2.45) is 0 Å². The highest BCUT2D eigenvalue weighted by Gasteiger charge is 2.28. The first-order valence-electron chi connectivity index (χ1n) is 7.15. The highest BCUT2D eigenvalue weighted by atomic mass is 32.2. The summed E-state index contributed by atoms with van der Waals surface area (Å²) in [4.78, 5) is 3.85. The number of aromatic amines is 1. The average molecular weight is 297 g/mol. The molecule has 0 bridgehead atoms. The van der Waals surface area contributed by atoms with Crippen LogP contribution in [0.25, 0.3) is 10.9 Å². The van der Waals surface area contributed by atoms with E-state index in [1.165, 1.54) is 0 Å². The van der Waals surface area contributed by atoms with E-state index < -0.39 is 15.5 Å². The van der Waals surface area contributed by atoms with Crippen molar-refractivity contribution in [2.45, 2.75) is 51.2 Å². The molecule has 1 unspecified atom stereocenters. The van der Waals surface area contributed by atoms with Crippen molar-refractivity contribution in [3.63, 3.8) is 0 Å². The molecule has 0 aliphatic heterocycles. The number of H-pyrrole nitrogens is 1. The number of hydrogen-bond acceptors (Lipinski definition) is 2. The molecule has 0 aliphatic rings. The summed E-state index contributed by atoms with van der Waals surface area (Å²) in [5.74, 6) is 0. The van der Waals surface area contributed by atoms with E-state index in [2.05, 4.69) is 4.98 Å². The van der Waals surface area contributed by atoms with Gasteiger partial charge < -0.3 is 10.1 Å². The van der Waals surface area contributed by atoms with Gasteiger partial charge in [-0.15, -0.1) is 0 Å². The first kappa shape index (κ1) is 18.9. The number of rotatable bonds is 3. The predicted octanol–water partition coefficient (Wildman–Crippen LogP) is 4.10. The molecular formula is C16H27NO2S. The fraction of sp³-hybridized carbons (Fsp3) is 0.500. The topological polar surface area (TPSA) is 53.1 Å². The van der Waals surface area contributed by atoms with Crippen LogP contribution in [-0.4, -0.2) is 25.7 Å². The van der Waals surface area contributed by atoms with Gasteiger partial charge in [0.15, 0.2) is 0 Å². The number of fused-ring (bicyclic) bond motifs is 1. The van der Waals surface area contributed by atoms with Crippen LogP contribution in [0.4, 0.5) is 0 Å². The molecule has 0 fully saturated rings. The van der Waals surface area contributed by atoms with E-state index in [0.717, 1.165) is 15.8 Å². The molecule has 2 N–H and O–H groups in total. The van der Waals surface area contributed by atoms with Gasteiger partial charge in [0.05, 0.1) is 27.0 Å². The van der Waals surface area contributed by atoms with Crippen molar-refractivity contribution >= 4 is 21.7 Å². The van der Waals surface area contributed by atoms with E-state index in [1.807, 2.05) is 52.0 Å². The Bertz CT molecular complexity index is 532. The maximum atomic E-state index is 12.3. The fourth-order valence-corrected chi connectivity index (χ4v) is 2.81. The number of hydrogen-bond donors (Lipinski definition) is 2. The molecule has 2 aromatic rings. The molecule has 1 aromatic heterocycles. The zero-order chi connectivity index (χ0) is 15.8. The highest BCUT2D eigenvalue weighted by molar-refractivity contribution is 7.86. The van der Waals surface area contributed by atoms with Crippen molar-refractivity contribution in [1.82, 2.24) is 4.98 Å². The zero-order valence-electron chi connectivity index (χ0n) is 13.4. The van der Waals surface area contributed by atoms with Crippen molar-refractivity contribution in [2.75, 3.05) is 6.61 Å². The van der Waals surface area contributed by atoms with Gasteiger partial charge in [-0.1, -0.05) is 45.9 Å². The van der Waals surface area contributed by atoms with Crippen molar-refractivity contribution in [1.29, 1.82) is 0 Å². The van der Waals surface area contributed by atoms with Gasteiger partial charge in [-0.2, -0.15) is 0 Å². The molecule has 0 saturated carbocycles. The molecule has 20 heavy (non-hydrogen) atoms. The van der Waals surface area contributed by atoms with Crippen LogP contribution < -0.4 is 0 Å². The van der Waals surface area contributed by atoms with E-state index in [4.69, 9.17) is 0 Å². The third kappa shape index (κ3) is 4.18. The Morgan fingerprint density at radius 2 is 1.70 bits per heavy atom. The third-order valence-corrected chi connectivity index (χ3v) is 4.50. The smallest absolute Gasteiger partial charge is 0.0680 e. The standard InChI is InChI=1S/C12H15NO2S.2C2H6/c1-12(2,8-14)16(15)11-7-13-10-6-4-3-5-9(10)11;2*1-2/h3-7,13-14H,8H2,1-2H3;2*1-2H3. The Morgan fingerprint density at radius 3 is 2.25 bits per heavy atom. The molecule has 1 heterocycles. The second-order valence-electron chi connectivity index (χ2n) is 4.39. The van der Waals surface area contributed by atoms with Crippen LogP contribution in [0.1, 0.15) is 41.5 Å². The minimum absolute atomic E-state index is 0.0981. The Kier molecular flexibility index (Phi) is 8.42. The average Bonchev–Trinajstić information content (AvgIpc) is 2.94. The zero-order valence-corrected chi connectivity index (χ0v) is 14.2. The van der Waals surface area contributed by atoms with E-state index in [9.17, 15) is 9.32 Å². The van der Waals surface area contributed by atoms with Crippen LogP contribution in [0.2, 0.25) is 0 Å². The first-order chi connectivity index (χ1) is 9.56. The molecule has 4 heteroatoms. The lowest BCUT2D eigenvalue weighted by atomic mass is 10.2. The second-order valence-corrected chi connectivity index (χ2v) is 6.47. The summed E-state index contributed by atoms with van der Waals surface area (Å²) in [7, 11) is -1.22. The largest absolute Gasteiger partial charge is 0.395 e. The van der Waals surface area contributed by atoms with Crippen molar-refractivity contribution < 1.29 is 9.32 Å². The Balaban J connectivity index is 0.000000829. The van der Waals surface area contributed by atoms with E-state index >= 15 is 0 Å². The van der Waals surface area contributed by atoms with Gasteiger partial charge in [-0.25, -0.2) is 0 Å². The van der Waals surface area contributed by atoms with Crippen LogP contribution in [0.3, 0.4) is 0 Å². The number of aliphatic hydroxyl groups excluding tert-OH is 1. The van der Waals surface area contributed by atoms with Gasteiger partial charge in [-0.05, 0) is 19.9 Å². The number of para-hydroxylation sites is 1. The second kappa shape index (κ2) is 8.93. The number of aromatic nitrogens is 1. The first-order valence-corrected chi connectivity index (χ1v) is 8.30. The van der Waals surface area contributed by atoms with Gasteiger partial charge in [0, 0.05) is 17.1 Å². The molecule has 1 aromatic carbocycles. The van der Waals surface area contributed by atoms with Crippen LogP contribution in [0.5, 0.6) is 0 Å². The van der Waals surface area contributed by atoms with Crippen LogP contribution in [0.15, 0.2) is 35.4 Å². The summed E-state index contributed by atoms with van der Waals surface area (Å²) >= 11 is 0. The summed E-state index contributed by atoms with van der Waals surface area (Å²) in [5.41, 5.74) is 0.972. The lowest BCUT2D eigenvalue weighted by Crippen LogP contribution is -2.30. The Labute approximate surface area is 124 Å². The summed E-state index contributed by atoms with van der Waals surface area (Å²) in [5, 5.41) is 10.2. The van der Waals surface area contributed by atoms with Crippen molar-refractivity contribution in [3.05, 3.63) is 30.5 Å². The lowest BCUT2D eigenvalue weighted by molar-refractivity contribution is 0.262. The Morgan fingerprint density at radius 1 is 1.15 bits per heavy atom. The number of nitrogens with one attached hydrogen (secondary N) is 1. The van der Waals surface area contributed by atoms with Gasteiger partial charge in [0.1, 0.15) is 0 Å². The molecule has 0 spiro atoms. The van der Waals surface area contributed by atoms with E-state index in [-0.39, 0.29) is 6.61 Å².